The van der Waals surface area contributed by atoms with E-state index in [9.17, 15) is 4.79 Å². The average Bonchev–Trinajstić information content (AvgIpc) is 2.91. The molecule has 1 aliphatic rings. The number of carbonyl (C=O) groups excluding carboxylic acids is 1. The zero-order valence-corrected chi connectivity index (χ0v) is 12.2. The summed E-state index contributed by atoms with van der Waals surface area (Å²) < 4.78 is 10.7. The fourth-order valence-electron chi connectivity index (χ4n) is 2.78. The first-order chi connectivity index (χ1) is 10.3. The fraction of sp³-hybridized carbons (Fsp3) is 0.438. The molecule has 1 saturated heterocycles. The summed E-state index contributed by atoms with van der Waals surface area (Å²) in [6.45, 7) is 5.28. The second-order valence-electron chi connectivity index (χ2n) is 5.20. The fourth-order valence-corrected chi connectivity index (χ4v) is 2.78. The Balaban J connectivity index is 1.79. The van der Waals surface area contributed by atoms with Crippen LogP contribution in [0.25, 0.3) is 11.0 Å². The van der Waals surface area contributed by atoms with Gasteiger partial charge in [0.1, 0.15) is 11.6 Å². The Morgan fingerprint density at radius 3 is 3.19 bits per heavy atom. The van der Waals surface area contributed by atoms with E-state index in [1.54, 1.807) is 6.26 Å². The van der Waals surface area contributed by atoms with Crippen molar-refractivity contribution < 1.29 is 13.9 Å². The van der Waals surface area contributed by atoms with Gasteiger partial charge in [-0.2, -0.15) is 0 Å². The summed E-state index contributed by atoms with van der Waals surface area (Å²) in [6, 6.07) is 7.74. The van der Waals surface area contributed by atoms with Crippen LogP contribution in [-0.4, -0.2) is 43.2 Å². The van der Waals surface area contributed by atoms with Crippen LogP contribution in [0.5, 0.6) is 0 Å². The van der Waals surface area contributed by atoms with Crippen molar-refractivity contribution in [2.45, 2.75) is 19.5 Å². The van der Waals surface area contributed by atoms with Crippen molar-refractivity contribution in [3.63, 3.8) is 0 Å². The van der Waals surface area contributed by atoms with Crippen molar-refractivity contribution >= 4 is 16.9 Å². The number of carbonyl (C=O) groups is 1. The van der Waals surface area contributed by atoms with Gasteiger partial charge in [-0.15, -0.1) is 0 Å². The number of hydrogen-bond acceptors (Lipinski definition) is 5. The third kappa shape index (κ3) is 2.94. The minimum Gasteiger partial charge on any atom is -0.465 e. The van der Waals surface area contributed by atoms with Gasteiger partial charge in [-0.25, -0.2) is 0 Å². The molecule has 112 valence electrons. The van der Waals surface area contributed by atoms with Crippen LogP contribution in [0.4, 0.5) is 0 Å². The number of esters is 1. The number of nitrogens with one attached hydrogen (secondary N) is 1. The number of hydrogen-bond donors (Lipinski definition) is 1. The lowest BCUT2D eigenvalue weighted by molar-refractivity contribution is -0.150. The highest BCUT2D eigenvalue weighted by Gasteiger charge is 2.30. The standard InChI is InChI=1S/C16H20N2O3/c1-2-20-16(19)14-9-17-7-8-18(14)10-12-11-21-15-6-4-3-5-13(12)15/h3-6,11,14,17H,2,7-10H2,1H3. The molecule has 1 fully saturated rings. The molecule has 5 nitrogen and oxygen atoms in total. The number of rotatable bonds is 4. The molecule has 0 radical (unpaired) electrons. The summed E-state index contributed by atoms with van der Waals surface area (Å²) in [5.74, 6) is -0.155. The molecule has 0 bridgehead atoms. The Labute approximate surface area is 123 Å². The van der Waals surface area contributed by atoms with Gasteiger partial charge in [0.2, 0.25) is 0 Å². The van der Waals surface area contributed by atoms with Gasteiger partial charge < -0.3 is 14.5 Å². The van der Waals surface area contributed by atoms with Gasteiger partial charge in [0.25, 0.3) is 0 Å². The molecule has 0 saturated carbocycles. The van der Waals surface area contributed by atoms with Crippen LogP contribution in [0, 0.1) is 0 Å². The van der Waals surface area contributed by atoms with Crippen molar-refractivity contribution in [3.8, 4) is 0 Å². The highest BCUT2D eigenvalue weighted by Crippen LogP contribution is 2.23. The van der Waals surface area contributed by atoms with Crippen LogP contribution < -0.4 is 5.32 Å². The zero-order valence-electron chi connectivity index (χ0n) is 12.2. The molecule has 0 amide bonds. The third-order valence-corrected chi connectivity index (χ3v) is 3.85. The second kappa shape index (κ2) is 6.28. The monoisotopic (exact) mass is 288 g/mol. The summed E-state index contributed by atoms with van der Waals surface area (Å²) in [7, 11) is 0. The molecule has 1 atom stereocenters. The first-order valence-corrected chi connectivity index (χ1v) is 7.36. The van der Waals surface area contributed by atoms with Gasteiger partial charge in [0, 0.05) is 37.1 Å². The number of furan rings is 1. The molecule has 0 spiro atoms. The van der Waals surface area contributed by atoms with Crippen LogP contribution in [0.15, 0.2) is 34.9 Å². The molecule has 1 aromatic heterocycles. The van der Waals surface area contributed by atoms with Crippen LogP contribution in [-0.2, 0) is 16.1 Å². The first kappa shape index (κ1) is 14.1. The van der Waals surface area contributed by atoms with Gasteiger partial charge in [0.05, 0.1) is 12.9 Å². The number of piperazine rings is 1. The number of para-hydroxylation sites is 1. The molecule has 1 unspecified atom stereocenters. The van der Waals surface area contributed by atoms with Crippen molar-refractivity contribution in [1.29, 1.82) is 0 Å². The van der Waals surface area contributed by atoms with E-state index in [-0.39, 0.29) is 12.0 Å². The third-order valence-electron chi connectivity index (χ3n) is 3.85. The van der Waals surface area contributed by atoms with Gasteiger partial charge in [-0.05, 0) is 13.0 Å². The number of ether oxygens (including phenoxy) is 1. The zero-order chi connectivity index (χ0) is 14.7. The van der Waals surface area contributed by atoms with Gasteiger partial charge in [-0.1, -0.05) is 18.2 Å². The van der Waals surface area contributed by atoms with Crippen LogP contribution in [0.1, 0.15) is 12.5 Å². The quantitative estimate of drug-likeness (QED) is 0.869. The van der Waals surface area contributed by atoms with Crippen molar-refractivity contribution in [2.75, 3.05) is 26.2 Å². The lowest BCUT2D eigenvalue weighted by Crippen LogP contribution is -2.54. The molecule has 2 heterocycles. The Kier molecular flexibility index (Phi) is 4.22. The largest absolute Gasteiger partial charge is 0.465 e. The normalized spacial score (nSPS) is 19.8. The molecule has 2 aromatic rings. The van der Waals surface area contributed by atoms with E-state index in [4.69, 9.17) is 9.15 Å². The second-order valence-corrected chi connectivity index (χ2v) is 5.20. The number of nitrogens with zero attached hydrogens (tertiary/aromatic N) is 1. The Bertz CT molecular complexity index is 623. The minimum absolute atomic E-state index is 0.155. The molecule has 1 N–H and O–H groups in total. The summed E-state index contributed by atoms with van der Waals surface area (Å²) >= 11 is 0. The van der Waals surface area contributed by atoms with Gasteiger partial charge in [-0.3, -0.25) is 9.69 Å². The SMILES string of the molecule is CCOC(=O)C1CNCCN1Cc1coc2ccccc12. The lowest BCUT2D eigenvalue weighted by atomic mass is 10.1. The predicted octanol–water partition coefficient (Wildman–Crippen LogP) is 1.77. The summed E-state index contributed by atoms with van der Waals surface area (Å²) in [5.41, 5.74) is 2.00. The van der Waals surface area contributed by atoms with Crippen molar-refractivity contribution in [1.82, 2.24) is 10.2 Å². The maximum atomic E-state index is 12.1. The highest BCUT2D eigenvalue weighted by atomic mass is 16.5. The molecular formula is C16H20N2O3. The summed E-state index contributed by atoms with van der Waals surface area (Å²) in [5, 5.41) is 4.36. The molecule has 21 heavy (non-hydrogen) atoms. The Morgan fingerprint density at radius 1 is 1.48 bits per heavy atom. The van der Waals surface area contributed by atoms with Gasteiger partial charge >= 0.3 is 5.97 Å². The van der Waals surface area contributed by atoms with E-state index >= 15 is 0 Å². The van der Waals surface area contributed by atoms with Crippen molar-refractivity contribution in [3.05, 3.63) is 36.1 Å². The van der Waals surface area contributed by atoms with E-state index in [2.05, 4.69) is 16.3 Å². The van der Waals surface area contributed by atoms with Crippen LogP contribution in [0.3, 0.4) is 0 Å². The van der Waals surface area contributed by atoms with E-state index in [1.807, 2.05) is 25.1 Å². The average molecular weight is 288 g/mol. The maximum absolute atomic E-state index is 12.1. The van der Waals surface area contributed by atoms with E-state index in [0.29, 0.717) is 19.7 Å². The van der Waals surface area contributed by atoms with E-state index in [1.165, 1.54) is 0 Å². The lowest BCUT2D eigenvalue weighted by Gasteiger charge is -2.34. The van der Waals surface area contributed by atoms with E-state index < -0.39 is 0 Å². The smallest absolute Gasteiger partial charge is 0.324 e. The molecule has 0 aliphatic carbocycles. The van der Waals surface area contributed by atoms with Gasteiger partial charge in [0.15, 0.2) is 0 Å². The molecule has 3 rings (SSSR count). The number of benzene rings is 1. The predicted molar refractivity (Wildman–Crippen MR) is 79.9 cm³/mol. The molecule has 1 aliphatic heterocycles. The van der Waals surface area contributed by atoms with Crippen LogP contribution >= 0.6 is 0 Å². The summed E-state index contributed by atoms with van der Waals surface area (Å²) in [4.78, 5) is 14.2. The topological polar surface area (TPSA) is 54.7 Å². The molecular weight excluding hydrogens is 268 g/mol. The molecule has 1 aromatic carbocycles. The minimum atomic E-state index is -0.229. The van der Waals surface area contributed by atoms with Crippen LogP contribution in [0.2, 0.25) is 0 Å². The Morgan fingerprint density at radius 2 is 2.33 bits per heavy atom. The molecule has 5 heteroatoms. The van der Waals surface area contributed by atoms with E-state index in [0.717, 1.165) is 29.6 Å². The Hall–Kier alpha value is -1.85. The first-order valence-electron chi connectivity index (χ1n) is 7.36. The van der Waals surface area contributed by atoms with Crippen molar-refractivity contribution in [2.24, 2.45) is 0 Å². The highest BCUT2D eigenvalue weighted by molar-refractivity contribution is 5.81. The maximum Gasteiger partial charge on any atom is 0.324 e. The summed E-state index contributed by atoms with van der Waals surface area (Å²) in [6.07, 6.45) is 1.79. The number of fused-ring (bicyclic) bond motifs is 1.